The standard InChI is InChI=1S/C9H8N4O2/c1-12-7(9(14)15)6-13(11-12)8-4-2-3-5-10-8/h2-6H,1H3. The van der Waals surface area contributed by atoms with Crippen molar-refractivity contribution in [3.05, 3.63) is 36.3 Å². The van der Waals surface area contributed by atoms with Gasteiger partial charge in [0.1, 0.15) is 18.4 Å². The van der Waals surface area contributed by atoms with Crippen molar-refractivity contribution in [2.24, 2.45) is 7.05 Å². The van der Waals surface area contributed by atoms with Gasteiger partial charge in [-0.2, -0.15) is 4.68 Å². The SMILES string of the molecule is Cn1n[n+](-c2ccccn2)cc1C(=O)[O-]. The predicted octanol–water partition coefficient (Wildman–Crippen LogP) is -1.54. The minimum atomic E-state index is -1.26. The van der Waals surface area contributed by atoms with E-state index < -0.39 is 5.97 Å². The Labute approximate surface area is 85.4 Å². The Hall–Kier alpha value is -2.24. The van der Waals surface area contributed by atoms with Crippen LogP contribution in [0, 0.1) is 0 Å². The van der Waals surface area contributed by atoms with E-state index in [1.807, 2.05) is 0 Å². The molecule has 0 spiro atoms. The molecular weight excluding hydrogens is 196 g/mol. The van der Waals surface area contributed by atoms with E-state index in [1.54, 1.807) is 24.4 Å². The van der Waals surface area contributed by atoms with E-state index in [1.165, 1.54) is 22.6 Å². The summed E-state index contributed by atoms with van der Waals surface area (Å²) in [5.74, 6) is -0.708. The highest BCUT2D eigenvalue weighted by Gasteiger charge is 2.13. The highest BCUT2D eigenvalue weighted by molar-refractivity contribution is 5.82. The third kappa shape index (κ3) is 1.69. The number of aromatic nitrogens is 4. The van der Waals surface area contributed by atoms with Gasteiger partial charge in [0.2, 0.25) is 0 Å². The topological polar surface area (TPSA) is 74.7 Å². The second-order valence-electron chi connectivity index (χ2n) is 2.95. The van der Waals surface area contributed by atoms with Crippen LogP contribution in [0.1, 0.15) is 10.5 Å². The van der Waals surface area contributed by atoms with Gasteiger partial charge in [-0.05, 0) is 6.07 Å². The van der Waals surface area contributed by atoms with E-state index in [0.717, 1.165) is 0 Å². The monoisotopic (exact) mass is 204 g/mol. The first-order valence-corrected chi connectivity index (χ1v) is 4.27. The van der Waals surface area contributed by atoms with Crippen molar-refractivity contribution in [2.45, 2.75) is 0 Å². The number of pyridine rings is 1. The molecule has 6 heteroatoms. The number of rotatable bonds is 2. The normalized spacial score (nSPS) is 10.2. The maximum atomic E-state index is 10.7. The fourth-order valence-corrected chi connectivity index (χ4v) is 1.20. The summed E-state index contributed by atoms with van der Waals surface area (Å²) in [6.07, 6.45) is 2.97. The van der Waals surface area contributed by atoms with Gasteiger partial charge in [0.25, 0.3) is 5.82 Å². The Kier molecular flexibility index (Phi) is 2.17. The molecule has 0 radical (unpaired) electrons. The van der Waals surface area contributed by atoms with Crippen LogP contribution in [0.2, 0.25) is 0 Å². The minimum Gasteiger partial charge on any atom is -0.542 e. The van der Waals surface area contributed by atoms with Gasteiger partial charge in [-0.3, -0.25) is 0 Å². The second kappa shape index (κ2) is 3.49. The molecular formula is C9H8N4O2. The molecule has 0 fully saturated rings. The van der Waals surface area contributed by atoms with Gasteiger partial charge in [0.05, 0.1) is 7.05 Å². The summed E-state index contributed by atoms with van der Waals surface area (Å²) in [4.78, 5) is 14.7. The lowest BCUT2D eigenvalue weighted by Gasteiger charge is -1.92. The van der Waals surface area contributed by atoms with Gasteiger partial charge in [-0.15, -0.1) is 9.67 Å². The first-order valence-electron chi connectivity index (χ1n) is 4.27. The molecule has 0 saturated carbocycles. The number of hydrogen-bond donors (Lipinski definition) is 0. The molecule has 0 aliphatic heterocycles. The zero-order valence-electron chi connectivity index (χ0n) is 7.99. The molecule has 76 valence electrons. The largest absolute Gasteiger partial charge is 0.542 e. The van der Waals surface area contributed by atoms with Crippen molar-refractivity contribution in [3.8, 4) is 5.82 Å². The average Bonchev–Trinajstić information content (AvgIpc) is 2.62. The van der Waals surface area contributed by atoms with E-state index in [9.17, 15) is 9.90 Å². The molecule has 0 N–H and O–H groups in total. The molecule has 0 bridgehead atoms. The number of aromatic carboxylic acids is 1. The van der Waals surface area contributed by atoms with Crippen molar-refractivity contribution in [3.63, 3.8) is 0 Å². The number of carboxylic acids is 1. The molecule has 0 amide bonds. The molecule has 6 nitrogen and oxygen atoms in total. The van der Waals surface area contributed by atoms with Crippen LogP contribution in [-0.2, 0) is 7.05 Å². The average molecular weight is 204 g/mol. The molecule has 2 heterocycles. The lowest BCUT2D eigenvalue weighted by atomic mass is 10.4. The Morgan fingerprint density at radius 3 is 2.87 bits per heavy atom. The number of aryl methyl sites for hydroxylation is 1. The Balaban J connectivity index is 2.48. The zero-order chi connectivity index (χ0) is 10.8. The molecule has 2 aromatic heterocycles. The van der Waals surface area contributed by atoms with Crippen molar-refractivity contribution < 1.29 is 14.6 Å². The van der Waals surface area contributed by atoms with Crippen LogP contribution in [-0.4, -0.2) is 20.8 Å². The smallest absolute Gasteiger partial charge is 0.285 e. The Bertz CT molecular complexity index is 492. The van der Waals surface area contributed by atoms with Gasteiger partial charge in [0, 0.05) is 11.3 Å². The molecule has 0 aliphatic rings. The number of carbonyl (C=O) groups excluding carboxylic acids is 1. The maximum absolute atomic E-state index is 10.7. The molecule has 15 heavy (non-hydrogen) atoms. The van der Waals surface area contributed by atoms with Crippen LogP contribution >= 0.6 is 0 Å². The molecule has 2 rings (SSSR count). The highest BCUT2D eigenvalue weighted by Crippen LogP contribution is 1.94. The number of nitrogens with zero attached hydrogens (tertiary/aromatic N) is 4. The van der Waals surface area contributed by atoms with E-state index in [4.69, 9.17) is 0 Å². The number of carbonyl (C=O) groups is 1. The van der Waals surface area contributed by atoms with Crippen LogP contribution in [0.15, 0.2) is 30.6 Å². The molecule has 0 unspecified atom stereocenters. The summed E-state index contributed by atoms with van der Waals surface area (Å²) in [6.45, 7) is 0. The van der Waals surface area contributed by atoms with Gasteiger partial charge >= 0.3 is 0 Å². The molecule has 0 atom stereocenters. The van der Waals surface area contributed by atoms with Crippen LogP contribution in [0.3, 0.4) is 0 Å². The quantitative estimate of drug-likeness (QED) is 0.555. The van der Waals surface area contributed by atoms with Gasteiger partial charge in [-0.1, -0.05) is 6.07 Å². The lowest BCUT2D eigenvalue weighted by Crippen LogP contribution is -2.34. The van der Waals surface area contributed by atoms with E-state index in [0.29, 0.717) is 5.82 Å². The molecule has 0 aromatic carbocycles. The maximum Gasteiger partial charge on any atom is 0.285 e. The molecule has 0 aliphatic carbocycles. The Morgan fingerprint density at radius 1 is 1.53 bits per heavy atom. The van der Waals surface area contributed by atoms with Crippen LogP contribution in [0.25, 0.3) is 5.82 Å². The third-order valence-electron chi connectivity index (χ3n) is 1.92. The van der Waals surface area contributed by atoms with Crippen LogP contribution in [0.5, 0.6) is 0 Å². The Morgan fingerprint density at radius 2 is 2.33 bits per heavy atom. The zero-order valence-corrected chi connectivity index (χ0v) is 7.99. The summed E-state index contributed by atoms with van der Waals surface area (Å²) >= 11 is 0. The van der Waals surface area contributed by atoms with E-state index in [2.05, 4.69) is 10.2 Å². The number of hydrogen-bond acceptors (Lipinski definition) is 4. The first kappa shape index (κ1) is 9.32. The highest BCUT2D eigenvalue weighted by atomic mass is 16.4. The minimum absolute atomic E-state index is 0.000605. The molecule has 2 aromatic rings. The fraction of sp³-hybridized carbons (Fsp3) is 0.111. The van der Waals surface area contributed by atoms with Crippen LogP contribution < -0.4 is 9.79 Å². The van der Waals surface area contributed by atoms with Crippen molar-refractivity contribution in [2.75, 3.05) is 0 Å². The summed E-state index contributed by atoms with van der Waals surface area (Å²) in [5, 5.41) is 14.6. The number of carboxylic acid groups (broad SMARTS) is 1. The van der Waals surface area contributed by atoms with E-state index >= 15 is 0 Å². The van der Waals surface area contributed by atoms with Gasteiger partial charge < -0.3 is 9.90 Å². The predicted molar refractivity (Wildman–Crippen MR) is 46.9 cm³/mol. The summed E-state index contributed by atoms with van der Waals surface area (Å²) in [6, 6.07) is 5.29. The third-order valence-corrected chi connectivity index (χ3v) is 1.92. The van der Waals surface area contributed by atoms with Crippen molar-refractivity contribution in [1.82, 2.24) is 14.9 Å². The van der Waals surface area contributed by atoms with E-state index in [-0.39, 0.29) is 5.69 Å². The van der Waals surface area contributed by atoms with Crippen LogP contribution in [0.4, 0.5) is 0 Å². The second-order valence-corrected chi connectivity index (χ2v) is 2.95. The lowest BCUT2D eigenvalue weighted by molar-refractivity contribution is -0.665. The van der Waals surface area contributed by atoms with Gasteiger partial charge in [-0.25, -0.2) is 0 Å². The van der Waals surface area contributed by atoms with Crippen molar-refractivity contribution in [1.29, 1.82) is 0 Å². The summed E-state index contributed by atoms with van der Waals surface area (Å²) < 4.78 is 2.61. The fourth-order valence-electron chi connectivity index (χ4n) is 1.20. The molecule has 0 saturated heterocycles. The first-order chi connectivity index (χ1) is 7.18. The van der Waals surface area contributed by atoms with Gasteiger partial charge in [0.15, 0.2) is 5.69 Å². The van der Waals surface area contributed by atoms with Crippen molar-refractivity contribution >= 4 is 5.97 Å². The summed E-state index contributed by atoms with van der Waals surface area (Å²) in [7, 11) is 1.53. The summed E-state index contributed by atoms with van der Waals surface area (Å²) in [5.41, 5.74) is 0.000605.